The number of hydrogen-bond acceptors (Lipinski definition) is 4. The van der Waals surface area contributed by atoms with E-state index >= 15 is 0 Å². The molecule has 15 heavy (non-hydrogen) atoms. The molecule has 1 aromatic heterocycles. The average molecular weight is 211 g/mol. The number of rotatable bonds is 4. The lowest BCUT2D eigenvalue weighted by atomic mass is 10.1. The van der Waals surface area contributed by atoms with E-state index in [-0.39, 0.29) is 6.04 Å². The van der Waals surface area contributed by atoms with Crippen LogP contribution in [0.5, 0.6) is 0 Å². The molecule has 0 aliphatic heterocycles. The number of nitrogens with zero attached hydrogens (tertiary/aromatic N) is 3. The fraction of sp³-hybridized carbons (Fsp3) is 0.667. The SMILES string of the molecule is CNC(C(N)=O)C(C)n1nc(C)nc1C. The maximum atomic E-state index is 11.2. The zero-order valence-electron chi connectivity index (χ0n) is 9.48. The van der Waals surface area contributed by atoms with Gasteiger partial charge in [0.15, 0.2) is 0 Å². The Labute approximate surface area is 88.9 Å². The van der Waals surface area contributed by atoms with Crippen LogP contribution in [-0.2, 0) is 4.79 Å². The fourth-order valence-corrected chi connectivity index (χ4v) is 1.68. The Morgan fingerprint density at radius 1 is 1.53 bits per heavy atom. The Morgan fingerprint density at radius 3 is 2.47 bits per heavy atom. The highest BCUT2D eigenvalue weighted by molar-refractivity contribution is 5.80. The van der Waals surface area contributed by atoms with Crippen molar-refractivity contribution < 1.29 is 4.79 Å². The first kappa shape index (κ1) is 11.6. The van der Waals surface area contributed by atoms with Crippen molar-refractivity contribution in [3.8, 4) is 0 Å². The molecule has 0 fully saturated rings. The molecule has 0 aromatic carbocycles. The summed E-state index contributed by atoms with van der Waals surface area (Å²) in [4.78, 5) is 15.3. The van der Waals surface area contributed by atoms with Crippen LogP contribution in [0, 0.1) is 13.8 Å². The third-order valence-corrected chi connectivity index (χ3v) is 2.39. The summed E-state index contributed by atoms with van der Waals surface area (Å²) in [6.07, 6.45) is 0. The zero-order chi connectivity index (χ0) is 11.6. The number of nitrogens with one attached hydrogen (secondary N) is 1. The lowest BCUT2D eigenvalue weighted by Crippen LogP contribution is -2.45. The van der Waals surface area contributed by atoms with Crippen molar-refractivity contribution in [2.75, 3.05) is 7.05 Å². The van der Waals surface area contributed by atoms with Gasteiger partial charge >= 0.3 is 0 Å². The van der Waals surface area contributed by atoms with Crippen LogP contribution >= 0.6 is 0 Å². The molecule has 1 heterocycles. The van der Waals surface area contributed by atoms with Crippen molar-refractivity contribution in [1.82, 2.24) is 20.1 Å². The lowest BCUT2D eigenvalue weighted by molar-refractivity contribution is -0.120. The third kappa shape index (κ3) is 2.33. The van der Waals surface area contributed by atoms with Gasteiger partial charge in [0.1, 0.15) is 17.7 Å². The zero-order valence-corrected chi connectivity index (χ0v) is 9.48. The van der Waals surface area contributed by atoms with Gasteiger partial charge in [-0.25, -0.2) is 9.67 Å². The number of carbonyl (C=O) groups excluding carboxylic acids is 1. The number of primary amides is 1. The molecule has 6 heteroatoms. The van der Waals surface area contributed by atoms with Crippen LogP contribution in [-0.4, -0.2) is 33.8 Å². The molecule has 0 spiro atoms. The molecule has 1 rings (SSSR count). The van der Waals surface area contributed by atoms with E-state index in [0.717, 1.165) is 5.82 Å². The second-order valence-corrected chi connectivity index (χ2v) is 3.56. The van der Waals surface area contributed by atoms with Crippen LogP contribution in [0.1, 0.15) is 24.6 Å². The van der Waals surface area contributed by atoms with Crippen LogP contribution in [0.15, 0.2) is 0 Å². The van der Waals surface area contributed by atoms with Gasteiger partial charge in [0.2, 0.25) is 5.91 Å². The highest BCUT2D eigenvalue weighted by Crippen LogP contribution is 2.11. The molecule has 0 radical (unpaired) electrons. The van der Waals surface area contributed by atoms with Crippen molar-refractivity contribution >= 4 is 5.91 Å². The van der Waals surface area contributed by atoms with Gasteiger partial charge in [0.05, 0.1) is 6.04 Å². The summed E-state index contributed by atoms with van der Waals surface area (Å²) in [5, 5.41) is 7.09. The van der Waals surface area contributed by atoms with Crippen LogP contribution in [0.2, 0.25) is 0 Å². The molecule has 1 aromatic rings. The molecular weight excluding hydrogens is 194 g/mol. The average Bonchev–Trinajstić information content (AvgIpc) is 2.45. The number of nitrogens with two attached hydrogens (primary N) is 1. The minimum Gasteiger partial charge on any atom is -0.368 e. The van der Waals surface area contributed by atoms with Crippen LogP contribution < -0.4 is 11.1 Å². The maximum absolute atomic E-state index is 11.2. The topological polar surface area (TPSA) is 85.8 Å². The first-order chi connectivity index (χ1) is 6.97. The van der Waals surface area contributed by atoms with E-state index in [1.807, 2.05) is 20.8 Å². The first-order valence-corrected chi connectivity index (χ1v) is 4.83. The quantitative estimate of drug-likeness (QED) is 0.705. The third-order valence-electron chi connectivity index (χ3n) is 2.39. The smallest absolute Gasteiger partial charge is 0.236 e. The number of likely N-dealkylation sites (N-methyl/N-ethyl adjacent to an activating group) is 1. The number of aryl methyl sites for hydroxylation is 2. The Balaban J connectivity index is 2.96. The first-order valence-electron chi connectivity index (χ1n) is 4.83. The standard InChI is InChI=1S/C9H17N5O/c1-5(8(11-4)9(10)15)14-7(3)12-6(2)13-14/h5,8,11H,1-4H3,(H2,10,15). The van der Waals surface area contributed by atoms with Crippen molar-refractivity contribution in [2.45, 2.75) is 32.9 Å². The molecule has 0 bridgehead atoms. The highest BCUT2D eigenvalue weighted by atomic mass is 16.1. The Kier molecular flexibility index (Phi) is 3.41. The second-order valence-electron chi connectivity index (χ2n) is 3.56. The maximum Gasteiger partial charge on any atom is 0.236 e. The molecule has 3 N–H and O–H groups in total. The van der Waals surface area contributed by atoms with Crippen molar-refractivity contribution in [1.29, 1.82) is 0 Å². The van der Waals surface area contributed by atoms with Crippen LogP contribution in [0.3, 0.4) is 0 Å². The van der Waals surface area contributed by atoms with Gasteiger partial charge in [-0.05, 0) is 27.8 Å². The molecule has 84 valence electrons. The van der Waals surface area contributed by atoms with Gasteiger partial charge in [-0.15, -0.1) is 0 Å². The Hall–Kier alpha value is -1.43. The van der Waals surface area contributed by atoms with Crippen LogP contribution in [0.25, 0.3) is 0 Å². The van der Waals surface area contributed by atoms with E-state index in [9.17, 15) is 4.79 Å². The van der Waals surface area contributed by atoms with E-state index in [1.165, 1.54) is 0 Å². The number of aromatic nitrogens is 3. The summed E-state index contributed by atoms with van der Waals surface area (Å²) in [5.74, 6) is 1.08. The minimum absolute atomic E-state index is 0.145. The van der Waals surface area contributed by atoms with Crippen LogP contribution in [0.4, 0.5) is 0 Å². The molecule has 2 atom stereocenters. The predicted molar refractivity (Wildman–Crippen MR) is 56.2 cm³/mol. The van der Waals surface area contributed by atoms with Gasteiger partial charge in [0, 0.05) is 0 Å². The molecule has 0 saturated carbocycles. The van der Waals surface area contributed by atoms with E-state index in [1.54, 1.807) is 11.7 Å². The summed E-state index contributed by atoms with van der Waals surface area (Å²) in [5.41, 5.74) is 5.28. The normalized spacial score (nSPS) is 14.9. The monoisotopic (exact) mass is 211 g/mol. The molecule has 1 amide bonds. The number of carbonyl (C=O) groups is 1. The molecular formula is C9H17N5O. The summed E-state index contributed by atoms with van der Waals surface area (Å²) >= 11 is 0. The van der Waals surface area contributed by atoms with E-state index in [0.29, 0.717) is 5.82 Å². The predicted octanol–water partition coefficient (Wildman–Crippen LogP) is -0.471. The molecule has 0 aliphatic rings. The largest absolute Gasteiger partial charge is 0.368 e. The Bertz CT molecular complexity index is 359. The summed E-state index contributed by atoms with van der Waals surface area (Å²) in [6, 6.07) is -0.585. The van der Waals surface area contributed by atoms with Crippen molar-refractivity contribution in [2.24, 2.45) is 5.73 Å². The summed E-state index contributed by atoms with van der Waals surface area (Å²) in [7, 11) is 1.70. The summed E-state index contributed by atoms with van der Waals surface area (Å²) in [6.45, 7) is 5.55. The minimum atomic E-state index is -0.440. The van der Waals surface area contributed by atoms with Gasteiger partial charge in [-0.3, -0.25) is 4.79 Å². The molecule has 0 saturated heterocycles. The van der Waals surface area contributed by atoms with Gasteiger partial charge in [-0.1, -0.05) is 0 Å². The summed E-state index contributed by atoms with van der Waals surface area (Å²) < 4.78 is 1.71. The van der Waals surface area contributed by atoms with Gasteiger partial charge in [0.25, 0.3) is 0 Å². The molecule has 2 unspecified atom stereocenters. The number of amides is 1. The fourth-order valence-electron chi connectivity index (χ4n) is 1.68. The highest BCUT2D eigenvalue weighted by Gasteiger charge is 2.24. The van der Waals surface area contributed by atoms with Crippen molar-refractivity contribution in [3.63, 3.8) is 0 Å². The van der Waals surface area contributed by atoms with E-state index in [2.05, 4.69) is 15.4 Å². The molecule has 0 aliphatic carbocycles. The van der Waals surface area contributed by atoms with Gasteiger partial charge < -0.3 is 11.1 Å². The van der Waals surface area contributed by atoms with Crippen molar-refractivity contribution in [3.05, 3.63) is 11.6 Å². The van der Waals surface area contributed by atoms with Gasteiger partial charge in [-0.2, -0.15) is 5.10 Å². The van der Waals surface area contributed by atoms with E-state index in [4.69, 9.17) is 5.73 Å². The number of hydrogen-bond donors (Lipinski definition) is 2. The van der Waals surface area contributed by atoms with E-state index < -0.39 is 11.9 Å². The lowest BCUT2D eigenvalue weighted by Gasteiger charge is -2.21. The Morgan fingerprint density at radius 2 is 2.13 bits per heavy atom. The molecule has 6 nitrogen and oxygen atoms in total. The second kappa shape index (κ2) is 4.39.